The highest BCUT2D eigenvalue weighted by atomic mass is 35.5. The molecule has 1 amide bonds. The number of ether oxygens (including phenoxy) is 2. The number of oxime groups is 1. The summed E-state index contributed by atoms with van der Waals surface area (Å²) >= 11 is 6.43. The van der Waals surface area contributed by atoms with Crippen molar-refractivity contribution in [2.24, 2.45) is 5.16 Å². The maximum Gasteiger partial charge on any atom is 0.273 e. The van der Waals surface area contributed by atoms with E-state index in [0.717, 1.165) is 16.7 Å². The molecule has 1 N–H and O–H groups in total. The molecule has 7 nitrogen and oxygen atoms in total. The zero-order chi connectivity index (χ0) is 23.6. The van der Waals surface area contributed by atoms with Gasteiger partial charge in [-0.25, -0.2) is 4.98 Å². The van der Waals surface area contributed by atoms with E-state index >= 15 is 0 Å². The number of benzene rings is 2. The van der Waals surface area contributed by atoms with Gasteiger partial charge in [-0.15, -0.1) is 0 Å². The molecule has 1 aromatic heterocycles. The Morgan fingerprint density at radius 1 is 1.12 bits per heavy atom. The van der Waals surface area contributed by atoms with Gasteiger partial charge in [0, 0.05) is 24.4 Å². The van der Waals surface area contributed by atoms with Crippen LogP contribution in [0.2, 0.25) is 5.02 Å². The summed E-state index contributed by atoms with van der Waals surface area (Å²) in [6, 6.07) is 19.0. The van der Waals surface area contributed by atoms with Crippen molar-refractivity contribution in [2.45, 2.75) is 33.7 Å². The van der Waals surface area contributed by atoms with Gasteiger partial charge in [-0.05, 0) is 24.1 Å². The van der Waals surface area contributed by atoms with E-state index in [4.69, 9.17) is 25.9 Å². The summed E-state index contributed by atoms with van der Waals surface area (Å²) in [5, 5.41) is 6.79. The van der Waals surface area contributed by atoms with E-state index in [-0.39, 0.29) is 37.6 Å². The van der Waals surface area contributed by atoms with Crippen LogP contribution in [-0.4, -0.2) is 30.8 Å². The number of hydrogen-bond acceptors (Lipinski definition) is 6. The Bertz CT molecular complexity index is 1110. The molecule has 34 heavy (non-hydrogen) atoms. The van der Waals surface area contributed by atoms with E-state index in [1.165, 1.54) is 14.2 Å². The molecule has 0 aliphatic rings. The number of pyridine rings is 1. The van der Waals surface area contributed by atoms with Crippen molar-refractivity contribution in [2.75, 3.05) is 14.2 Å². The van der Waals surface area contributed by atoms with Crippen molar-refractivity contribution in [3.05, 3.63) is 94.1 Å². The highest BCUT2D eigenvalue weighted by Gasteiger charge is 2.18. The molecule has 1 unspecified atom stereocenters. The van der Waals surface area contributed by atoms with Crippen molar-refractivity contribution in [3.8, 4) is 5.88 Å². The highest BCUT2D eigenvalue weighted by molar-refractivity contribution is 6.45. The Morgan fingerprint density at radius 3 is 2.50 bits per heavy atom. The van der Waals surface area contributed by atoms with Crippen molar-refractivity contribution in [1.82, 2.24) is 10.3 Å². The number of rotatable bonds is 10. The average Bonchev–Trinajstić information content (AvgIpc) is 2.85. The number of aromatic nitrogens is 1. The van der Waals surface area contributed by atoms with Gasteiger partial charge in [0.2, 0.25) is 5.88 Å². The van der Waals surface area contributed by atoms with E-state index in [0.29, 0.717) is 17.2 Å². The molecule has 0 aliphatic carbocycles. The number of hydrogen-bond donors (Lipinski definition) is 1. The first kappa shape index (κ1) is 26.8. The number of nitrogens with zero attached hydrogens (tertiary/aromatic N) is 2. The lowest BCUT2D eigenvalue weighted by Crippen LogP contribution is -2.29. The number of nitrogens with one attached hydrogen (secondary N) is 1. The zero-order valence-corrected chi connectivity index (χ0v) is 19.5. The topological polar surface area (TPSA) is 82.0 Å². The lowest BCUT2D eigenvalue weighted by Gasteiger charge is -2.15. The van der Waals surface area contributed by atoms with Gasteiger partial charge in [0.05, 0.1) is 12.7 Å². The van der Waals surface area contributed by atoms with E-state index in [1.807, 2.05) is 55.5 Å². The summed E-state index contributed by atoms with van der Waals surface area (Å²) in [5.74, 6) is -0.0787. The van der Waals surface area contributed by atoms with Crippen LogP contribution in [0.1, 0.15) is 42.7 Å². The average molecular weight is 484 g/mol. The zero-order valence-electron chi connectivity index (χ0n) is 18.7. The number of carbonyl (C=O) groups is 1. The van der Waals surface area contributed by atoms with Gasteiger partial charge in [-0.2, -0.15) is 0 Å². The molecule has 1 heterocycles. The quantitative estimate of drug-likeness (QED) is 0.311. The normalized spacial score (nSPS) is 11.8. The minimum Gasteiger partial charge on any atom is -0.472 e. The van der Waals surface area contributed by atoms with Gasteiger partial charge in [0.15, 0.2) is 5.71 Å². The predicted octanol–water partition coefficient (Wildman–Crippen LogP) is 5.32. The lowest BCUT2D eigenvalue weighted by atomic mass is 10.0. The molecule has 0 saturated heterocycles. The summed E-state index contributed by atoms with van der Waals surface area (Å²) in [6.45, 7) is 2.58. The number of carbonyl (C=O) groups excluding carboxylic acids is 1. The second-order valence-corrected chi connectivity index (χ2v) is 7.55. The molecule has 1 atom stereocenters. The number of likely N-dealkylation sites (N-methyl/N-ethyl adjacent to an activating group) is 1. The van der Waals surface area contributed by atoms with E-state index in [9.17, 15) is 4.79 Å². The van der Waals surface area contributed by atoms with Crippen molar-refractivity contribution in [1.29, 1.82) is 0 Å². The van der Waals surface area contributed by atoms with Crippen LogP contribution in [0.15, 0.2) is 72.0 Å². The predicted molar refractivity (Wildman–Crippen MR) is 134 cm³/mol. The Balaban J connectivity index is 0.00000408. The van der Waals surface area contributed by atoms with Crippen LogP contribution in [0.4, 0.5) is 0 Å². The lowest BCUT2D eigenvalue weighted by molar-refractivity contribution is -0.114. The molecule has 0 fully saturated rings. The van der Waals surface area contributed by atoms with Crippen LogP contribution in [0.25, 0.3) is 0 Å². The molecule has 180 valence electrons. The molecule has 3 rings (SSSR count). The fourth-order valence-electron chi connectivity index (χ4n) is 3.11. The van der Waals surface area contributed by atoms with Gasteiger partial charge in [0.1, 0.15) is 18.7 Å². The summed E-state index contributed by atoms with van der Waals surface area (Å²) in [7, 11) is 2.92. The maximum atomic E-state index is 12.2. The second-order valence-electron chi connectivity index (χ2n) is 7.14. The molecule has 0 saturated carbocycles. The minimum absolute atomic E-state index is 0. The molecule has 0 radical (unpaired) electrons. The van der Waals surface area contributed by atoms with Crippen LogP contribution in [-0.2, 0) is 27.6 Å². The molecule has 8 heteroatoms. The van der Waals surface area contributed by atoms with Gasteiger partial charge in [0.25, 0.3) is 5.91 Å². The van der Waals surface area contributed by atoms with Crippen LogP contribution in [0.3, 0.4) is 0 Å². The van der Waals surface area contributed by atoms with E-state index in [1.54, 1.807) is 18.3 Å². The maximum absolute atomic E-state index is 12.2. The van der Waals surface area contributed by atoms with Crippen LogP contribution in [0, 0.1) is 0 Å². The third kappa shape index (κ3) is 7.04. The van der Waals surface area contributed by atoms with E-state index in [2.05, 4.69) is 15.5 Å². The van der Waals surface area contributed by atoms with Crippen LogP contribution in [0.5, 0.6) is 5.88 Å². The minimum atomic E-state index is -0.366. The summed E-state index contributed by atoms with van der Waals surface area (Å²) in [6.07, 6.45) is 1.50. The van der Waals surface area contributed by atoms with Crippen molar-refractivity contribution >= 4 is 23.2 Å². The third-order valence-corrected chi connectivity index (χ3v) is 5.17. The fourth-order valence-corrected chi connectivity index (χ4v) is 3.34. The van der Waals surface area contributed by atoms with Gasteiger partial charge in [-0.3, -0.25) is 4.79 Å². The van der Waals surface area contributed by atoms with Crippen molar-refractivity contribution in [3.63, 3.8) is 0 Å². The summed E-state index contributed by atoms with van der Waals surface area (Å²) < 4.78 is 11.8. The molecule has 0 aliphatic heterocycles. The Kier molecular flexibility index (Phi) is 10.5. The Morgan fingerprint density at radius 2 is 1.82 bits per heavy atom. The van der Waals surface area contributed by atoms with Gasteiger partial charge < -0.3 is 19.6 Å². The SMILES string of the molecule is C.CNC(=O)/C(=N\OC)c1ccccc1COc1ncc(C(C)OCc2ccccc2)cc1Cl. The summed E-state index contributed by atoms with van der Waals surface area (Å²) in [4.78, 5) is 21.4. The monoisotopic (exact) mass is 483 g/mol. The Hall–Kier alpha value is -3.42. The Labute approximate surface area is 205 Å². The van der Waals surface area contributed by atoms with Crippen molar-refractivity contribution < 1.29 is 19.1 Å². The van der Waals surface area contributed by atoms with E-state index < -0.39 is 0 Å². The summed E-state index contributed by atoms with van der Waals surface area (Å²) in [5.41, 5.74) is 3.42. The van der Waals surface area contributed by atoms with Gasteiger partial charge in [-0.1, -0.05) is 78.8 Å². The number of halogens is 1. The fraction of sp³-hybridized carbons (Fsp3) is 0.269. The first-order valence-corrected chi connectivity index (χ1v) is 10.8. The molecule has 2 aromatic carbocycles. The standard InChI is InChI=1S/C25H26ClN3O4.CH4/c1-17(32-15-18-9-5-4-6-10-18)20-13-22(26)25(28-14-20)33-16-19-11-7-8-12-21(19)23(29-31-3)24(30)27-2;/h4-14,17H,15-16H2,1-3H3,(H,27,30);1H4/b29-23-;. The first-order valence-electron chi connectivity index (χ1n) is 10.4. The molecular formula is C26H30ClN3O4. The molecule has 3 aromatic rings. The largest absolute Gasteiger partial charge is 0.472 e. The highest BCUT2D eigenvalue weighted by Crippen LogP contribution is 2.28. The second kappa shape index (κ2) is 13.3. The molecular weight excluding hydrogens is 454 g/mol. The molecule has 0 spiro atoms. The van der Waals surface area contributed by atoms with Gasteiger partial charge >= 0.3 is 0 Å². The third-order valence-electron chi connectivity index (χ3n) is 4.90. The molecule has 0 bridgehead atoms. The smallest absolute Gasteiger partial charge is 0.273 e. The van der Waals surface area contributed by atoms with Crippen LogP contribution >= 0.6 is 11.6 Å². The number of amides is 1. The van der Waals surface area contributed by atoms with Crippen LogP contribution < -0.4 is 10.1 Å². The first-order chi connectivity index (χ1) is 16.0.